The molecule has 0 aromatic carbocycles. The van der Waals surface area contributed by atoms with Gasteiger partial charge in [0.2, 0.25) is 0 Å². The lowest BCUT2D eigenvalue weighted by molar-refractivity contribution is 0.109. The number of amides is 1. The summed E-state index contributed by atoms with van der Waals surface area (Å²) >= 11 is 0. The molecule has 0 aliphatic rings. The molecule has 0 saturated carbocycles. The number of rotatable bonds is 9. The minimum Gasteiger partial charge on any atom is -0.449 e. The van der Waals surface area contributed by atoms with E-state index in [2.05, 4.69) is 25.5 Å². The molecular weight excluding hydrogens is 204 g/mol. The average molecular weight is 226 g/mol. The Bertz CT molecular complexity index is 217. The summed E-state index contributed by atoms with van der Waals surface area (Å²) in [5, 5.41) is 1.75. The lowest BCUT2D eigenvalue weighted by Crippen LogP contribution is -2.43. The Kier molecular flexibility index (Phi) is 9.41. The zero-order valence-corrected chi connectivity index (χ0v) is 10.1. The summed E-state index contributed by atoms with van der Waals surface area (Å²) in [6, 6.07) is 0. The molecule has 0 aliphatic carbocycles. The molecule has 0 aromatic rings. The first-order chi connectivity index (χ1) is 7.74. The van der Waals surface area contributed by atoms with E-state index in [0.29, 0.717) is 19.7 Å². The molecule has 4 nitrogen and oxygen atoms in total. The van der Waals surface area contributed by atoms with E-state index in [1.807, 2.05) is 0 Å². The summed E-state index contributed by atoms with van der Waals surface area (Å²) in [6.45, 7) is 11.1. The van der Waals surface area contributed by atoms with Gasteiger partial charge in [0.1, 0.15) is 0 Å². The number of carbonyl (C=O) groups is 1. The summed E-state index contributed by atoms with van der Waals surface area (Å²) in [4.78, 5) is 11.3. The van der Waals surface area contributed by atoms with Crippen molar-refractivity contribution in [3.05, 3.63) is 25.3 Å². The smallest absolute Gasteiger partial charge is 0.421 e. The number of nitrogens with one attached hydrogen (secondary N) is 1. The maximum atomic E-state index is 11.3. The first-order valence-corrected chi connectivity index (χ1v) is 5.64. The van der Waals surface area contributed by atoms with Crippen LogP contribution in [0.15, 0.2) is 25.3 Å². The van der Waals surface area contributed by atoms with Crippen LogP contribution in [0.2, 0.25) is 0 Å². The Morgan fingerprint density at radius 3 is 2.75 bits per heavy atom. The van der Waals surface area contributed by atoms with Crippen LogP contribution < -0.4 is 5.43 Å². The predicted octanol–water partition coefficient (Wildman–Crippen LogP) is 2.49. The van der Waals surface area contributed by atoms with Gasteiger partial charge in [-0.2, -0.15) is 0 Å². The molecule has 0 spiro atoms. The van der Waals surface area contributed by atoms with Gasteiger partial charge in [-0.05, 0) is 12.8 Å². The lowest BCUT2D eigenvalue weighted by Gasteiger charge is -2.20. The fraction of sp³-hybridized carbons (Fsp3) is 0.583. The van der Waals surface area contributed by atoms with Crippen molar-refractivity contribution in [2.45, 2.75) is 26.2 Å². The summed E-state index contributed by atoms with van der Waals surface area (Å²) in [5.74, 6) is 0. The summed E-state index contributed by atoms with van der Waals surface area (Å²) in [5.41, 5.74) is 2.66. The van der Waals surface area contributed by atoms with Gasteiger partial charge < -0.3 is 4.74 Å². The molecule has 1 N–H and O–H groups in total. The first kappa shape index (κ1) is 14.7. The van der Waals surface area contributed by atoms with Crippen molar-refractivity contribution < 1.29 is 9.53 Å². The van der Waals surface area contributed by atoms with E-state index in [0.717, 1.165) is 19.3 Å². The number of nitrogens with zero attached hydrogens (tertiary/aromatic N) is 1. The van der Waals surface area contributed by atoms with Gasteiger partial charge in [0.25, 0.3) is 0 Å². The molecule has 0 unspecified atom stereocenters. The molecule has 0 atom stereocenters. The summed E-state index contributed by atoms with van der Waals surface area (Å²) in [6.07, 6.45) is 5.85. The molecule has 0 aromatic heterocycles. The average Bonchev–Trinajstić information content (AvgIpc) is 2.26. The maximum Gasteiger partial charge on any atom is 0.421 e. The maximum absolute atomic E-state index is 11.3. The van der Waals surface area contributed by atoms with Crippen LogP contribution in [-0.4, -0.2) is 30.8 Å². The SMILES string of the molecule is C=CCCN(CC=C)NC(=O)OCCCC. The molecule has 0 saturated heterocycles. The molecular formula is C12H22N2O2. The van der Waals surface area contributed by atoms with Gasteiger partial charge in [0, 0.05) is 13.1 Å². The second-order valence-electron chi connectivity index (χ2n) is 3.41. The molecule has 92 valence electrons. The summed E-state index contributed by atoms with van der Waals surface area (Å²) in [7, 11) is 0. The van der Waals surface area contributed by atoms with Crippen molar-refractivity contribution in [3.8, 4) is 0 Å². The van der Waals surface area contributed by atoms with Crippen LogP contribution in [-0.2, 0) is 4.74 Å². The highest BCUT2D eigenvalue weighted by Crippen LogP contribution is 1.92. The Morgan fingerprint density at radius 2 is 2.19 bits per heavy atom. The number of unbranched alkanes of at least 4 members (excludes halogenated alkanes) is 1. The zero-order valence-electron chi connectivity index (χ0n) is 10.1. The Morgan fingerprint density at radius 1 is 1.44 bits per heavy atom. The van der Waals surface area contributed by atoms with Gasteiger partial charge >= 0.3 is 6.09 Å². The second-order valence-corrected chi connectivity index (χ2v) is 3.41. The van der Waals surface area contributed by atoms with Crippen LogP contribution in [0, 0.1) is 0 Å². The van der Waals surface area contributed by atoms with Crippen LogP contribution in [0.25, 0.3) is 0 Å². The van der Waals surface area contributed by atoms with Crippen molar-refractivity contribution in [2.75, 3.05) is 19.7 Å². The Labute approximate surface area is 97.9 Å². The van der Waals surface area contributed by atoms with E-state index < -0.39 is 6.09 Å². The van der Waals surface area contributed by atoms with Crippen molar-refractivity contribution in [3.63, 3.8) is 0 Å². The lowest BCUT2D eigenvalue weighted by atomic mass is 10.4. The number of hydrazine groups is 1. The molecule has 0 fully saturated rings. The van der Waals surface area contributed by atoms with Crippen LogP contribution in [0.1, 0.15) is 26.2 Å². The van der Waals surface area contributed by atoms with Gasteiger partial charge in [0.05, 0.1) is 6.61 Å². The normalized spacial score (nSPS) is 9.88. The zero-order chi connectivity index (χ0) is 12.2. The molecule has 16 heavy (non-hydrogen) atoms. The van der Waals surface area contributed by atoms with Crippen molar-refractivity contribution in [2.24, 2.45) is 0 Å². The van der Waals surface area contributed by atoms with Gasteiger partial charge in [-0.15, -0.1) is 13.2 Å². The first-order valence-electron chi connectivity index (χ1n) is 5.64. The topological polar surface area (TPSA) is 41.6 Å². The van der Waals surface area contributed by atoms with Crippen molar-refractivity contribution >= 4 is 6.09 Å². The number of hydrogen-bond acceptors (Lipinski definition) is 3. The third-order valence-corrected chi connectivity index (χ3v) is 1.93. The minimum absolute atomic E-state index is 0.403. The molecule has 0 rings (SSSR count). The number of ether oxygens (including phenoxy) is 1. The molecule has 1 amide bonds. The van der Waals surface area contributed by atoms with E-state index in [1.54, 1.807) is 17.2 Å². The third-order valence-electron chi connectivity index (χ3n) is 1.93. The fourth-order valence-corrected chi connectivity index (χ4v) is 1.07. The second kappa shape index (κ2) is 10.2. The quantitative estimate of drug-likeness (QED) is 0.373. The van der Waals surface area contributed by atoms with Crippen LogP contribution in [0.5, 0.6) is 0 Å². The molecule has 4 heteroatoms. The van der Waals surface area contributed by atoms with E-state index in [4.69, 9.17) is 4.74 Å². The van der Waals surface area contributed by atoms with Crippen LogP contribution in [0.3, 0.4) is 0 Å². The number of hydrogen-bond donors (Lipinski definition) is 1. The molecule has 0 bridgehead atoms. The summed E-state index contributed by atoms with van der Waals surface area (Å²) < 4.78 is 4.99. The van der Waals surface area contributed by atoms with E-state index in [1.165, 1.54) is 0 Å². The van der Waals surface area contributed by atoms with Crippen molar-refractivity contribution in [1.82, 2.24) is 10.4 Å². The van der Waals surface area contributed by atoms with E-state index >= 15 is 0 Å². The van der Waals surface area contributed by atoms with Crippen molar-refractivity contribution in [1.29, 1.82) is 0 Å². The Hall–Kier alpha value is -1.29. The van der Waals surface area contributed by atoms with Gasteiger partial charge in [0.15, 0.2) is 0 Å². The highest BCUT2D eigenvalue weighted by atomic mass is 16.6. The minimum atomic E-state index is -0.403. The van der Waals surface area contributed by atoms with Crippen LogP contribution in [0.4, 0.5) is 4.79 Å². The molecule has 0 aliphatic heterocycles. The highest BCUT2D eigenvalue weighted by molar-refractivity contribution is 5.66. The fourth-order valence-electron chi connectivity index (χ4n) is 1.07. The number of carbonyl (C=O) groups excluding carboxylic acids is 1. The largest absolute Gasteiger partial charge is 0.449 e. The Balaban J connectivity index is 3.82. The molecule has 0 heterocycles. The third kappa shape index (κ3) is 8.05. The van der Waals surface area contributed by atoms with Gasteiger partial charge in [-0.25, -0.2) is 9.80 Å². The monoisotopic (exact) mass is 226 g/mol. The highest BCUT2D eigenvalue weighted by Gasteiger charge is 2.07. The van der Waals surface area contributed by atoms with E-state index in [9.17, 15) is 4.79 Å². The van der Waals surface area contributed by atoms with Crippen LogP contribution >= 0.6 is 0 Å². The predicted molar refractivity (Wildman–Crippen MR) is 66.0 cm³/mol. The standard InChI is InChI=1S/C12H22N2O2/c1-4-7-10-14(9-6-3)13-12(15)16-11-8-5-2/h4,6H,1,3,5,7-11H2,2H3,(H,13,15). The van der Waals surface area contributed by atoms with E-state index in [-0.39, 0.29) is 0 Å². The van der Waals surface area contributed by atoms with Gasteiger partial charge in [-0.1, -0.05) is 25.5 Å². The van der Waals surface area contributed by atoms with Gasteiger partial charge in [-0.3, -0.25) is 5.43 Å². The molecule has 0 radical (unpaired) electrons.